The molecule has 7 heteroatoms. The molecule has 5 nitrogen and oxygen atoms in total. The number of hydrogen-bond acceptors (Lipinski definition) is 0. The summed E-state index contributed by atoms with van der Waals surface area (Å²) in [6.45, 7) is 0. The van der Waals surface area contributed by atoms with Crippen LogP contribution >= 0.6 is 0 Å². The molecule has 0 aromatic heterocycles. The minimum atomic E-state index is 0. The van der Waals surface area contributed by atoms with Crippen LogP contribution < -0.4 is 0 Å². The molecule has 0 spiro atoms. The molecule has 0 saturated heterocycles. The van der Waals surface area contributed by atoms with E-state index in [0.717, 1.165) is 0 Å². The van der Waals surface area contributed by atoms with E-state index < -0.39 is 0 Å². The molecular formula is O5Pa2. The largest absolute Gasteiger partial charge is 5.00 e. The normalized spacial score (nSPS) is 0. The predicted molar refractivity (Wildman–Crippen MR) is 3.43 cm³/mol. The SMILES string of the molecule is [O-2].[O-2].[O-2].[O-2].[O-2].[Pa+5].[Pa+5]. The Morgan fingerprint density at radius 3 is 0.286 bits per heavy atom. The maximum atomic E-state index is 0. The Hall–Kier alpha value is 1.98. The van der Waals surface area contributed by atoms with Gasteiger partial charge in [0.15, 0.2) is 0 Å². The van der Waals surface area contributed by atoms with Gasteiger partial charge in [0.25, 0.3) is 0 Å². The zero-order valence-electron chi connectivity index (χ0n) is 3.20. The Morgan fingerprint density at radius 1 is 0.286 bits per heavy atom. The summed E-state index contributed by atoms with van der Waals surface area (Å²) in [5.74, 6) is 0. The van der Waals surface area contributed by atoms with Gasteiger partial charge in [0, 0.05) is 0 Å². The maximum absolute atomic E-state index is 0. The number of hydrogen-bond donors (Lipinski definition) is 0. The summed E-state index contributed by atoms with van der Waals surface area (Å²) in [7, 11) is 0. The molecule has 0 fully saturated rings. The van der Waals surface area contributed by atoms with Crippen molar-refractivity contribution >= 4 is 0 Å². The first-order valence-electron chi connectivity index (χ1n) is 0. The second kappa shape index (κ2) is 99.1. The van der Waals surface area contributed by atoms with Gasteiger partial charge < -0.3 is 27.4 Å². The van der Waals surface area contributed by atoms with Crippen LogP contribution in [0.4, 0.5) is 0 Å². The zero-order chi connectivity index (χ0) is 0. The van der Waals surface area contributed by atoms with Crippen LogP contribution in [0.25, 0.3) is 0 Å². The van der Waals surface area contributed by atoms with E-state index >= 15 is 0 Å². The molecule has 0 radical (unpaired) electrons. The van der Waals surface area contributed by atoms with E-state index in [2.05, 4.69) is 0 Å². The average Bonchev–Trinajstić information content (AvgIpc) is 0. The van der Waals surface area contributed by atoms with Gasteiger partial charge in [-0.3, -0.25) is 0 Å². The standard InChI is InChI=1S/5O.2Pa/q5*-2;2*+5. The van der Waals surface area contributed by atoms with Gasteiger partial charge in [-0.05, 0) is 0 Å². The Bertz CT molecular complexity index is 6.04. The van der Waals surface area contributed by atoms with Crippen molar-refractivity contribution in [2.75, 3.05) is 0 Å². The van der Waals surface area contributed by atoms with Crippen molar-refractivity contribution in [3.8, 4) is 0 Å². The first-order chi connectivity index (χ1) is 0. The van der Waals surface area contributed by atoms with Gasteiger partial charge >= 0.3 is 64.6 Å². The minimum Gasteiger partial charge on any atom is -2.00 e. The second-order valence-electron chi connectivity index (χ2n) is 0. The average molecular weight is 542 g/mol. The summed E-state index contributed by atoms with van der Waals surface area (Å²) in [6.07, 6.45) is 0. The summed E-state index contributed by atoms with van der Waals surface area (Å²) in [5, 5.41) is 0. The van der Waals surface area contributed by atoms with Crippen molar-refractivity contribution < 1.29 is 92.0 Å². The van der Waals surface area contributed by atoms with Crippen LogP contribution in [0.15, 0.2) is 0 Å². The molecule has 0 unspecified atom stereocenters. The summed E-state index contributed by atoms with van der Waals surface area (Å²) in [4.78, 5) is 0. The fraction of sp³-hybridized carbons (Fsp3) is 0. The van der Waals surface area contributed by atoms with Gasteiger partial charge in [0.1, 0.15) is 0 Å². The Balaban J connectivity index is 0. The Morgan fingerprint density at radius 2 is 0.286 bits per heavy atom. The van der Waals surface area contributed by atoms with Gasteiger partial charge in [-0.15, -0.1) is 0 Å². The monoisotopic (exact) mass is 542 g/mol. The summed E-state index contributed by atoms with van der Waals surface area (Å²) >= 11 is 0. The minimum absolute atomic E-state index is 0. The summed E-state index contributed by atoms with van der Waals surface area (Å²) < 4.78 is 0. The Labute approximate surface area is 90.8 Å². The van der Waals surface area contributed by atoms with E-state index in [1.165, 1.54) is 0 Å². The molecule has 0 N–H and O–H groups in total. The van der Waals surface area contributed by atoms with E-state index in [1.54, 1.807) is 0 Å². The van der Waals surface area contributed by atoms with Crippen LogP contribution in [0.2, 0.25) is 0 Å². The first-order valence-corrected chi connectivity index (χ1v) is 0. The van der Waals surface area contributed by atoms with Crippen molar-refractivity contribution in [2.24, 2.45) is 0 Å². The van der Waals surface area contributed by atoms with Crippen LogP contribution in [0.3, 0.4) is 0 Å². The van der Waals surface area contributed by atoms with E-state index in [1.807, 2.05) is 0 Å². The molecule has 0 atom stereocenters. The molecule has 0 heterocycles. The van der Waals surface area contributed by atoms with E-state index in [4.69, 9.17) is 0 Å². The summed E-state index contributed by atoms with van der Waals surface area (Å²) in [6, 6.07) is 0. The smallest absolute Gasteiger partial charge is 2.00 e. The van der Waals surface area contributed by atoms with Crippen LogP contribution in [-0.4, -0.2) is 0 Å². The van der Waals surface area contributed by atoms with Crippen molar-refractivity contribution in [3.05, 3.63) is 0 Å². The summed E-state index contributed by atoms with van der Waals surface area (Å²) in [5.41, 5.74) is 0. The van der Waals surface area contributed by atoms with Crippen molar-refractivity contribution in [1.29, 1.82) is 0 Å². The van der Waals surface area contributed by atoms with Gasteiger partial charge in [0.05, 0.1) is 0 Å². The molecule has 7 heavy (non-hydrogen) atoms. The number of rotatable bonds is 0. The third-order valence-electron chi connectivity index (χ3n) is 0. The van der Waals surface area contributed by atoms with Gasteiger partial charge in [-0.25, -0.2) is 0 Å². The molecule has 0 rings (SSSR count). The van der Waals surface area contributed by atoms with E-state index in [-0.39, 0.29) is 92.0 Å². The molecule has 0 aromatic rings. The Kier molecular flexibility index (Phi) is 2060. The molecule has 0 amide bonds. The van der Waals surface area contributed by atoms with Gasteiger partial charge in [0.2, 0.25) is 0 Å². The molecule has 0 aliphatic rings. The molecule has 0 aliphatic heterocycles. The molecule has 0 aromatic carbocycles. The molecule has 36 valence electrons. The molecule has 0 bridgehead atoms. The maximum Gasteiger partial charge on any atom is 5.00 e. The third kappa shape index (κ3) is 72.7. The van der Waals surface area contributed by atoms with Crippen LogP contribution in [0.5, 0.6) is 0 Å². The predicted octanol–water partition coefficient (Wildman–Crippen LogP) is -0.594. The van der Waals surface area contributed by atoms with Crippen molar-refractivity contribution in [3.63, 3.8) is 0 Å². The quantitative estimate of drug-likeness (QED) is 0.386. The van der Waals surface area contributed by atoms with E-state index in [0.29, 0.717) is 0 Å². The van der Waals surface area contributed by atoms with Crippen LogP contribution in [0, 0.1) is 64.6 Å². The van der Waals surface area contributed by atoms with Crippen LogP contribution in [-0.2, 0) is 27.4 Å². The zero-order valence-corrected chi connectivity index (χ0v) is 12.8. The fourth-order valence-electron chi connectivity index (χ4n) is 0. The van der Waals surface area contributed by atoms with Crippen LogP contribution in [0.1, 0.15) is 0 Å². The second-order valence-corrected chi connectivity index (χ2v) is 0. The first kappa shape index (κ1) is 146. The molecular weight excluding hydrogens is 542 g/mol. The van der Waals surface area contributed by atoms with Gasteiger partial charge in [-0.2, -0.15) is 0 Å². The van der Waals surface area contributed by atoms with E-state index in [9.17, 15) is 0 Å². The van der Waals surface area contributed by atoms with Crippen molar-refractivity contribution in [2.45, 2.75) is 0 Å². The third-order valence-corrected chi connectivity index (χ3v) is 0. The van der Waals surface area contributed by atoms with Crippen molar-refractivity contribution in [1.82, 2.24) is 0 Å². The molecule has 0 saturated carbocycles. The topological polar surface area (TPSA) is 142 Å². The fourth-order valence-corrected chi connectivity index (χ4v) is 0. The van der Waals surface area contributed by atoms with Gasteiger partial charge in [-0.1, -0.05) is 0 Å². The molecule has 0 aliphatic carbocycles.